The Balaban J connectivity index is 1.20. The van der Waals surface area contributed by atoms with E-state index < -0.39 is 0 Å². The molecule has 0 amide bonds. The van der Waals surface area contributed by atoms with Crippen LogP contribution in [0.15, 0.2) is 200 Å². The van der Waals surface area contributed by atoms with Crippen molar-refractivity contribution in [3.05, 3.63) is 228 Å². The van der Waals surface area contributed by atoms with E-state index in [4.69, 9.17) is 0 Å². The number of hydrogen-bond acceptors (Lipinski definition) is 3. The van der Waals surface area contributed by atoms with Gasteiger partial charge in [0.2, 0.25) is 0 Å². The molecule has 2 aliphatic heterocycles. The van der Waals surface area contributed by atoms with Gasteiger partial charge in [0, 0.05) is 51.1 Å². The lowest BCUT2D eigenvalue weighted by molar-refractivity contribution is 0.332. The smallest absolute Gasteiger partial charge is 0.252 e. The van der Waals surface area contributed by atoms with Crippen LogP contribution >= 0.6 is 0 Å². The van der Waals surface area contributed by atoms with Crippen LogP contribution < -0.4 is 31.1 Å². The van der Waals surface area contributed by atoms with Crippen LogP contribution in [-0.4, -0.2) is 6.71 Å². The number of anilines is 9. The van der Waals surface area contributed by atoms with Crippen molar-refractivity contribution in [2.45, 2.75) is 91.4 Å². The van der Waals surface area contributed by atoms with Crippen molar-refractivity contribution in [2.24, 2.45) is 0 Å². The van der Waals surface area contributed by atoms with Gasteiger partial charge in [0.25, 0.3) is 6.71 Å². The molecule has 2 heterocycles. The van der Waals surface area contributed by atoms with Gasteiger partial charge in [-0.25, -0.2) is 0 Å². The van der Waals surface area contributed by atoms with Gasteiger partial charge in [0.1, 0.15) is 0 Å². The number of nitrogens with zero attached hydrogens (tertiary/aromatic N) is 3. The second kappa shape index (κ2) is 17.1. The Hall–Kier alpha value is -7.56. The van der Waals surface area contributed by atoms with Crippen molar-refractivity contribution in [3.8, 4) is 22.3 Å². The van der Waals surface area contributed by atoms with Crippen LogP contribution in [-0.2, 0) is 16.2 Å². The summed E-state index contributed by atoms with van der Waals surface area (Å²) in [7, 11) is 0. The molecule has 9 aromatic rings. The minimum absolute atomic E-state index is 0.0117. The van der Waals surface area contributed by atoms with E-state index in [0.717, 1.165) is 29.9 Å². The number of hydrogen-bond donors (Lipinski definition) is 0. The summed E-state index contributed by atoms with van der Waals surface area (Å²) in [6, 6.07) is 75.4. The molecule has 354 valence electrons. The average molecular weight is 934 g/mol. The Kier molecular flexibility index (Phi) is 10.8. The molecule has 0 unspecified atom stereocenters. The first-order valence-electron chi connectivity index (χ1n) is 26.0. The maximum Gasteiger partial charge on any atom is 0.252 e. The summed E-state index contributed by atoms with van der Waals surface area (Å²) in [6.07, 6.45) is 2.29. The highest BCUT2D eigenvalue weighted by Crippen LogP contribution is 2.53. The van der Waals surface area contributed by atoms with Crippen LogP contribution in [0.2, 0.25) is 0 Å². The van der Waals surface area contributed by atoms with Crippen molar-refractivity contribution >= 4 is 74.3 Å². The van der Waals surface area contributed by atoms with Gasteiger partial charge in [-0.1, -0.05) is 176 Å². The summed E-state index contributed by atoms with van der Waals surface area (Å²) in [5.74, 6) is 0. The summed E-state index contributed by atoms with van der Waals surface area (Å²) < 4.78 is 0. The second-order valence-corrected chi connectivity index (χ2v) is 23.0. The molecular weight excluding hydrogens is 870 g/mol. The summed E-state index contributed by atoms with van der Waals surface area (Å²) in [5.41, 5.74) is 26.2. The molecule has 0 bridgehead atoms. The van der Waals surface area contributed by atoms with Gasteiger partial charge in [0.15, 0.2) is 0 Å². The van der Waals surface area contributed by atoms with Gasteiger partial charge in [-0.2, -0.15) is 0 Å². The van der Waals surface area contributed by atoms with E-state index in [0.29, 0.717) is 0 Å². The third-order valence-corrected chi connectivity index (χ3v) is 16.2. The normalized spacial score (nSPS) is 15.0. The number of benzene rings is 9. The van der Waals surface area contributed by atoms with Gasteiger partial charge in [-0.15, -0.1) is 0 Å². The minimum Gasteiger partial charge on any atom is -0.311 e. The number of fused-ring (bicyclic) bond motifs is 5. The number of para-hydroxylation sites is 2. The summed E-state index contributed by atoms with van der Waals surface area (Å²) >= 11 is 0. The molecule has 0 aromatic heterocycles. The van der Waals surface area contributed by atoms with Crippen molar-refractivity contribution in [2.75, 3.05) is 14.7 Å². The second-order valence-electron chi connectivity index (χ2n) is 23.0. The van der Waals surface area contributed by atoms with Crippen molar-refractivity contribution in [3.63, 3.8) is 0 Å². The Labute approximate surface area is 428 Å². The van der Waals surface area contributed by atoms with E-state index in [9.17, 15) is 0 Å². The monoisotopic (exact) mass is 934 g/mol. The number of rotatable bonds is 7. The van der Waals surface area contributed by atoms with Gasteiger partial charge in [-0.05, 0) is 177 Å². The van der Waals surface area contributed by atoms with Gasteiger partial charge in [0.05, 0.1) is 5.69 Å². The quantitative estimate of drug-likeness (QED) is 0.147. The SMILES string of the molecule is Cc1cc2c3c(c1)N(c1ccc(C(C)(C)C)cc1-c1ccccc1)c1cc4c(cc1B3c1ccc(N(c3ccccc3)c3ccccc3)cc1N2c1cc(-c2ccccc2)ccc1C)C(C)(C)CCC4(C)C. The van der Waals surface area contributed by atoms with Crippen molar-refractivity contribution in [1.82, 2.24) is 0 Å². The molecule has 4 heteroatoms. The zero-order chi connectivity index (χ0) is 49.7. The molecule has 0 saturated carbocycles. The van der Waals surface area contributed by atoms with E-state index in [2.05, 4.69) is 277 Å². The van der Waals surface area contributed by atoms with Gasteiger partial charge >= 0.3 is 0 Å². The van der Waals surface area contributed by atoms with Crippen LogP contribution in [0.4, 0.5) is 51.2 Å². The summed E-state index contributed by atoms with van der Waals surface area (Å²) in [5, 5.41) is 0. The first kappa shape index (κ1) is 45.6. The third kappa shape index (κ3) is 7.57. The molecule has 3 nitrogen and oxygen atoms in total. The highest BCUT2D eigenvalue weighted by atomic mass is 15.2. The molecule has 72 heavy (non-hydrogen) atoms. The Morgan fingerprint density at radius 1 is 0.431 bits per heavy atom. The standard InChI is InChI=1S/C68H64BN3/c1-45-38-63-65-64(39-45)72(60-40-49(31-30-46(60)2)47-22-14-10-15-23-47)61-42-53(70(51-26-18-12-19-27-51)52-28-20-13-21-29-52)33-34-57(61)69(65)58-43-55-56(68(8,9)37-36-67(55,6)7)44-62(58)71(63)59-35-32-50(66(3,4)5)41-54(59)48-24-16-11-17-25-48/h10-35,38-44H,36-37H2,1-9H3. The largest absolute Gasteiger partial charge is 0.311 e. The summed E-state index contributed by atoms with van der Waals surface area (Å²) in [4.78, 5) is 7.70. The fraction of sp³-hybridized carbons (Fsp3) is 0.206. The topological polar surface area (TPSA) is 9.72 Å². The zero-order valence-electron chi connectivity index (χ0n) is 43.4. The fourth-order valence-corrected chi connectivity index (χ4v) is 12.1. The molecule has 3 aliphatic rings. The number of aryl methyl sites for hydroxylation is 2. The van der Waals surface area contributed by atoms with Crippen LogP contribution in [0.25, 0.3) is 22.3 Å². The predicted molar refractivity (Wildman–Crippen MR) is 309 cm³/mol. The third-order valence-electron chi connectivity index (χ3n) is 16.2. The van der Waals surface area contributed by atoms with E-state index in [-0.39, 0.29) is 23.0 Å². The first-order valence-corrected chi connectivity index (χ1v) is 26.0. The van der Waals surface area contributed by atoms with Gasteiger partial charge in [-0.3, -0.25) is 0 Å². The Bertz CT molecular complexity index is 3500. The van der Waals surface area contributed by atoms with E-state index in [1.165, 1.54) is 101 Å². The molecule has 9 aromatic carbocycles. The van der Waals surface area contributed by atoms with Crippen molar-refractivity contribution < 1.29 is 0 Å². The molecule has 0 saturated heterocycles. The van der Waals surface area contributed by atoms with Crippen LogP contribution in [0.3, 0.4) is 0 Å². The predicted octanol–water partition coefficient (Wildman–Crippen LogP) is 16.8. The molecule has 0 radical (unpaired) electrons. The van der Waals surface area contributed by atoms with Crippen LogP contribution in [0.1, 0.15) is 89.1 Å². The lowest BCUT2D eigenvalue weighted by Crippen LogP contribution is -2.62. The van der Waals surface area contributed by atoms with E-state index in [1.807, 2.05) is 0 Å². The maximum atomic E-state index is 2.67. The summed E-state index contributed by atoms with van der Waals surface area (Å²) in [6.45, 7) is 21.4. The lowest BCUT2D eigenvalue weighted by Gasteiger charge is -2.48. The minimum atomic E-state index is -0.0400. The highest BCUT2D eigenvalue weighted by molar-refractivity contribution is 7.00. The molecule has 0 spiro atoms. The first-order chi connectivity index (χ1) is 34.7. The highest BCUT2D eigenvalue weighted by Gasteiger charge is 2.47. The molecule has 0 fully saturated rings. The Morgan fingerprint density at radius 2 is 0.972 bits per heavy atom. The van der Waals surface area contributed by atoms with E-state index >= 15 is 0 Å². The molecular formula is C68H64BN3. The molecule has 0 atom stereocenters. The lowest BCUT2D eigenvalue weighted by atomic mass is 9.33. The fourth-order valence-electron chi connectivity index (χ4n) is 12.1. The zero-order valence-corrected chi connectivity index (χ0v) is 43.4. The van der Waals surface area contributed by atoms with Gasteiger partial charge < -0.3 is 14.7 Å². The average Bonchev–Trinajstić information content (AvgIpc) is 3.38. The van der Waals surface area contributed by atoms with Crippen LogP contribution in [0, 0.1) is 13.8 Å². The molecule has 12 rings (SSSR count). The maximum absolute atomic E-state index is 2.67. The van der Waals surface area contributed by atoms with Crippen molar-refractivity contribution in [1.29, 1.82) is 0 Å². The Morgan fingerprint density at radius 3 is 1.57 bits per heavy atom. The molecule has 1 aliphatic carbocycles. The van der Waals surface area contributed by atoms with E-state index in [1.54, 1.807) is 0 Å². The molecule has 0 N–H and O–H groups in total. The van der Waals surface area contributed by atoms with Crippen LogP contribution in [0.5, 0.6) is 0 Å².